The van der Waals surface area contributed by atoms with Crippen LogP contribution in [0.1, 0.15) is 23.2 Å². The fraction of sp³-hybridized carbons (Fsp3) is 0.462. The van der Waals surface area contributed by atoms with Crippen LogP contribution in [0.15, 0.2) is 23.1 Å². The highest BCUT2D eigenvalue weighted by molar-refractivity contribution is 8.00. The Hall–Kier alpha value is -1.25. The number of sulfonamides is 1. The molecule has 1 atom stereocenters. The van der Waals surface area contributed by atoms with Crippen LogP contribution >= 0.6 is 11.8 Å². The lowest BCUT2D eigenvalue weighted by Crippen LogP contribution is -2.30. The van der Waals surface area contributed by atoms with Gasteiger partial charge in [-0.3, -0.25) is 0 Å². The zero-order chi connectivity index (χ0) is 15.5. The average molecular weight is 331 g/mol. The fourth-order valence-electron chi connectivity index (χ4n) is 2.05. The molecule has 1 aliphatic heterocycles. The van der Waals surface area contributed by atoms with Crippen LogP contribution in [0.4, 0.5) is 0 Å². The van der Waals surface area contributed by atoms with Gasteiger partial charge < -0.3 is 9.84 Å². The normalized spacial score (nSPS) is 18.6. The lowest BCUT2D eigenvalue weighted by Gasteiger charge is -2.12. The smallest absolute Gasteiger partial charge is 0.341 e. The van der Waals surface area contributed by atoms with Gasteiger partial charge in [0.2, 0.25) is 10.0 Å². The molecule has 0 bridgehead atoms. The maximum absolute atomic E-state index is 12.2. The summed E-state index contributed by atoms with van der Waals surface area (Å²) in [5, 5.41) is 9.87. The Kier molecular flexibility index (Phi) is 5.13. The highest BCUT2D eigenvalue weighted by Gasteiger charge is 2.22. The van der Waals surface area contributed by atoms with Crippen molar-refractivity contribution in [2.24, 2.45) is 0 Å². The highest BCUT2D eigenvalue weighted by Crippen LogP contribution is 2.26. The number of carbonyl (C=O) groups is 1. The van der Waals surface area contributed by atoms with Crippen LogP contribution in [0.25, 0.3) is 0 Å². The number of hydrogen-bond acceptors (Lipinski definition) is 6. The van der Waals surface area contributed by atoms with Gasteiger partial charge in [-0.15, -0.1) is 0 Å². The number of phenolic OH excluding ortho intramolecular Hbond substituents is 1. The van der Waals surface area contributed by atoms with Crippen LogP contribution in [-0.4, -0.2) is 44.2 Å². The Morgan fingerprint density at radius 3 is 2.90 bits per heavy atom. The van der Waals surface area contributed by atoms with Gasteiger partial charge in [-0.05, 0) is 36.8 Å². The predicted octanol–water partition coefficient (Wildman–Crippen LogP) is 1.35. The van der Waals surface area contributed by atoms with E-state index in [1.807, 2.05) is 0 Å². The molecule has 1 aliphatic rings. The number of hydrogen-bond donors (Lipinski definition) is 2. The summed E-state index contributed by atoms with van der Waals surface area (Å²) in [5.74, 6) is -0.0407. The van der Waals surface area contributed by atoms with Gasteiger partial charge in [0.25, 0.3) is 0 Å². The molecule has 1 unspecified atom stereocenters. The van der Waals surface area contributed by atoms with Crippen molar-refractivity contribution in [3.8, 4) is 5.75 Å². The molecule has 1 fully saturated rings. The molecular weight excluding hydrogens is 314 g/mol. The summed E-state index contributed by atoms with van der Waals surface area (Å²) >= 11 is 1.75. The van der Waals surface area contributed by atoms with Crippen molar-refractivity contribution in [2.75, 3.05) is 19.4 Å². The predicted molar refractivity (Wildman–Crippen MR) is 80.1 cm³/mol. The first-order valence-electron chi connectivity index (χ1n) is 6.46. The summed E-state index contributed by atoms with van der Waals surface area (Å²) in [5.41, 5.74) is -0.171. The molecule has 116 valence electrons. The van der Waals surface area contributed by atoms with Gasteiger partial charge in [-0.1, -0.05) is 0 Å². The van der Waals surface area contributed by atoms with Crippen molar-refractivity contribution in [1.82, 2.24) is 4.72 Å². The Bertz CT molecular complexity index is 623. The van der Waals surface area contributed by atoms with Crippen LogP contribution in [0, 0.1) is 0 Å². The van der Waals surface area contributed by atoms with Gasteiger partial charge in [0.15, 0.2) is 0 Å². The molecule has 0 radical (unpaired) electrons. The number of rotatable bonds is 5. The lowest BCUT2D eigenvalue weighted by atomic mass is 10.2. The summed E-state index contributed by atoms with van der Waals surface area (Å²) in [6, 6.07) is 3.54. The van der Waals surface area contributed by atoms with Gasteiger partial charge in [-0.25, -0.2) is 17.9 Å². The van der Waals surface area contributed by atoms with Crippen LogP contribution < -0.4 is 4.72 Å². The van der Waals surface area contributed by atoms with Gasteiger partial charge >= 0.3 is 5.97 Å². The van der Waals surface area contributed by atoms with Crippen LogP contribution in [0.3, 0.4) is 0 Å². The highest BCUT2D eigenvalue weighted by atomic mass is 32.2. The van der Waals surface area contributed by atoms with E-state index in [9.17, 15) is 18.3 Å². The Morgan fingerprint density at radius 1 is 1.52 bits per heavy atom. The minimum Gasteiger partial charge on any atom is -0.507 e. The average Bonchev–Trinajstić information content (AvgIpc) is 2.98. The van der Waals surface area contributed by atoms with E-state index in [-0.39, 0.29) is 21.5 Å². The fourth-order valence-corrected chi connectivity index (χ4v) is 4.46. The number of thioether (sulfide) groups is 1. The van der Waals surface area contributed by atoms with Gasteiger partial charge in [0, 0.05) is 11.8 Å². The number of phenols is 1. The molecule has 0 amide bonds. The van der Waals surface area contributed by atoms with E-state index in [4.69, 9.17) is 0 Å². The topological polar surface area (TPSA) is 92.7 Å². The Labute approximate surface area is 127 Å². The lowest BCUT2D eigenvalue weighted by molar-refractivity contribution is 0.0597. The van der Waals surface area contributed by atoms with Crippen LogP contribution in [0.5, 0.6) is 5.75 Å². The zero-order valence-corrected chi connectivity index (χ0v) is 13.2. The molecule has 1 heterocycles. The number of aromatic hydroxyl groups is 1. The van der Waals surface area contributed by atoms with Crippen molar-refractivity contribution in [2.45, 2.75) is 23.0 Å². The molecule has 2 N–H and O–H groups in total. The molecule has 6 nitrogen and oxygen atoms in total. The van der Waals surface area contributed by atoms with Gasteiger partial charge in [0.1, 0.15) is 11.3 Å². The van der Waals surface area contributed by atoms with E-state index in [1.165, 1.54) is 19.2 Å². The monoisotopic (exact) mass is 331 g/mol. The minimum absolute atomic E-state index is 0.0660. The number of benzene rings is 1. The molecule has 2 rings (SSSR count). The van der Waals surface area contributed by atoms with Crippen molar-refractivity contribution in [3.05, 3.63) is 23.8 Å². The molecule has 21 heavy (non-hydrogen) atoms. The van der Waals surface area contributed by atoms with Crippen molar-refractivity contribution < 1.29 is 23.1 Å². The van der Waals surface area contributed by atoms with E-state index in [0.717, 1.165) is 24.7 Å². The summed E-state index contributed by atoms with van der Waals surface area (Å²) in [6.07, 6.45) is 2.10. The van der Waals surface area contributed by atoms with Gasteiger partial charge in [-0.2, -0.15) is 11.8 Å². The first kappa shape index (κ1) is 16.1. The van der Waals surface area contributed by atoms with E-state index in [0.29, 0.717) is 6.54 Å². The van der Waals surface area contributed by atoms with Crippen molar-refractivity contribution in [3.63, 3.8) is 0 Å². The molecule has 0 saturated carbocycles. The molecule has 0 aliphatic carbocycles. The second kappa shape index (κ2) is 6.67. The standard InChI is InChI=1S/C13H17NO5S2/c1-19-13(16)11-7-10(4-5-12(11)15)21(17,18)14-8-9-3-2-6-20-9/h4-5,7,9,14-15H,2-3,6,8H2,1H3. The van der Waals surface area contributed by atoms with E-state index in [1.54, 1.807) is 11.8 Å². The third-order valence-electron chi connectivity index (χ3n) is 3.21. The molecule has 1 aromatic rings. The molecule has 8 heteroatoms. The molecule has 1 aromatic carbocycles. The maximum atomic E-state index is 12.2. The molecular formula is C13H17NO5S2. The van der Waals surface area contributed by atoms with E-state index >= 15 is 0 Å². The summed E-state index contributed by atoms with van der Waals surface area (Å²) in [7, 11) is -2.55. The first-order chi connectivity index (χ1) is 9.94. The van der Waals surface area contributed by atoms with E-state index in [2.05, 4.69) is 9.46 Å². The Morgan fingerprint density at radius 2 is 2.29 bits per heavy atom. The van der Waals surface area contributed by atoms with Crippen molar-refractivity contribution >= 4 is 27.8 Å². The third kappa shape index (κ3) is 3.90. The third-order valence-corrected chi connectivity index (χ3v) is 6.03. The summed E-state index contributed by atoms with van der Waals surface area (Å²) < 4.78 is 31.5. The van der Waals surface area contributed by atoms with Gasteiger partial charge in [0.05, 0.1) is 12.0 Å². The molecule has 1 saturated heterocycles. The van der Waals surface area contributed by atoms with Crippen LogP contribution in [0.2, 0.25) is 0 Å². The number of nitrogens with one attached hydrogen (secondary N) is 1. The van der Waals surface area contributed by atoms with E-state index < -0.39 is 16.0 Å². The number of methoxy groups -OCH3 is 1. The number of ether oxygens (including phenoxy) is 1. The first-order valence-corrected chi connectivity index (χ1v) is 9.00. The number of esters is 1. The summed E-state index contributed by atoms with van der Waals surface area (Å²) in [6.45, 7) is 0.363. The second-order valence-electron chi connectivity index (χ2n) is 4.66. The largest absolute Gasteiger partial charge is 0.507 e. The number of carbonyl (C=O) groups excluding carboxylic acids is 1. The minimum atomic E-state index is -3.71. The van der Waals surface area contributed by atoms with Crippen LogP contribution in [-0.2, 0) is 14.8 Å². The quantitative estimate of drug-likeness (QED) is 0.791. The zero-order valence-electron chi connectivity index (χ0n) is 11.5. The maximum Gasteiger partial charge on any atom is 0.341 e. The Balaban J connectivity index is 2.17. The molecule has 0 spiro atoms. The van der Waals surface area contributed by atoms with Crippen molar-refractivity contribution in [1.29, 1.82) is 0 Å². The molecule has 0 aromatic heterocycles. The summed E-state index contributed by atoms with van der Waals surface area (Å²) in [4.78, 5) is 11.4. The SMILES string of the molecule is COC(=O)c1cc(S(=O)(=O)NCC2CCCS2)ccc1O. The second-order valence-corrected chi connectivity index (χ2v) is 7.83.